The maximum Gasteiger partial charge on any atom is 0.270 e. The Kier molecular flexibility index (Phi) is 6.25. The number of nitrogens with one attached hydrogen (secondary N) is 2. The van der Waals surface area contributed by atoms with Gasteiger partial charge in [0.15, 0.2) is 0 Å². The van der Waals surface area contributed by atoms with Gasteiger partial charge < -0.3 is 10.6 Å². The molecule has 0 radical (unpaired) electrons. The monoisotopic (exact) mass is 264 g/mol. The molecule has 106 valence electrons. The summed E-state index contributed by atoms with van der Waals surface area (Å²) in [7, 11) is 0. The molecule has 1 atom stereocenters. The molecule has 0 bridgehead atoms. The third-order valence-electron chi connectivity index (χ3n) is 2.88. The highest BCUT2D eigenvalue weighted by atomic mass is 16.1. The topological polar surface area (TPSA) is 66.9 Å². The number of rotatable bonds is 7. The predicted octanol–water partition coefficient (Wildman–Crippen LogP) is 2.46. The molecule has 0 saturated carbocycles. The smallest absolute Gasteiger partial charge is 0.270 e. The number of anilines is 1. The highest BCUT2D eigenvalue weighted by molar-refractivity contribution is 5.92. The van der Waals surface area contributed by atoms with Gasteiger partial charge in [0.05, 0.1) is 0 Å². The largest absolute Gasteiger partial charge is 0.352 e. The summed E-state index contributed by atoms with van der Waals surface area (Å²) in [6.45, 7) is 9.07. The van der Waals surface area contributed by atoms with Gasteiger partial charge in [-0.1, -0.05) is 20.8 Å². The lowest BCUT2D eigenvalue weighted by Gasteiger charge is -2.12. The van der Waals surface area contributed by atoms with Crippen LogP contribution in [-0.4, -0.2) is 28.5 Å². The molecular weight excluding hydrogens is 240 g/mol. The summed E-state index contributed by atoms with van der Waals surface area (Å²) in [6.07, 6.45) is 3.55. The number of nitrogens with zero attached hydrogens (tertiary/aromatic N) is 2. The van der Waals surface area contributed by atoms with E-state index in [1.807, 2.05) is 0 Å². The third-order valence-corrected chi connectivity index (χ3v) is 2.88. The number of aromatic nitrogens is 2. The Balaban J connectivity index is 2.57. The Morgan fingerprint density at radius 3 is 2.74 bits per heavy atom. The van der Waals surface area contributed by atoms with Crippen LogP contribution in [0.2, 0.25) is 0 Å². The first-order valence-corrected chi connectivity index (χ1v) is 6.90. The fourth-order valence-electron chi connectivity index (χ4n) is 1.44. The Bertz CT molecular complexity index is 406. The summed E-state index contributed by atoms with van der Waals surface area (Å²) < 4.78 is 0. The van der Waals surface area contributed by atoms with Crippen molar-refractivity contribution in [2.45, 2.75) is 46.6 Å². The minimum atomic E-state index is -0.143. The second kappa shape index (κ2) is 7.71. The minimum absolute atomic E-state index is 0.143. The van der Waals surface area contributed by atoms with Crippen molar-refractivity contribution in [3.63, 3.8) is 0 Å². The summed E-state index contributed by atoms with van der Waals surface area (Å²) >= 11 is 0. The van der Waals surface area contributed by atoms with Crippen molar-refractivity contribution in [3.05, 3.63) is 18.0 Å². The average molecular weight is 264 g/mol. The number of carbonyl (C=O) groups is 1. The number of hydrogen-bond donors (Lipinski definition) is 2. The van der Waals surface area contributed by atoms with E-state index in [9.17, 15) is 4.79 Å². The van der Waals surface area contributed by atoms with Gasteiger partial charge in [0.2, 0.25) is 5.95 Å². The Morgan fingerprint density at radius 1 is 1.37 bits per heavy atom. The first-order valence-electron chi connectivity index (χ1n) is 6.90. The number of carbonyl (C=O) groups excluding carboxylic acids is 1. The summed E-state index contributed by atoms with van der Waals surface area (Å²) in [4.78, 5) is 20.2. The molecule has 1 amide bonds. The van der Waals surface area contributed by atoms with Crippen LogP contribution in [0.1, 0.15) is 51.0 Å². The average Bonchev–Trinajstić information content (AvgIpc) is 2.38. The van der Waals surface area contributed by atoms with Crippen LogP contribution in [0.4, 0.5) is 5.95 Å². The SMILES string of the molecule is CCC(C)Nc1nccc(C(=O)NCCC(C)C)n1. The molecule has 19 heavy (non-hydrogen) atoms. The van der Waals surface area contributed by atoms with Crippen molar-refractivity contribution in [2.75, 3.05) is 11.9 Å². The predicted molar refractivity (Wildman–Crippen MR) is 77.2 cm³/mol. The molecule has 0 saturated heterocycles. The Hall–Kier alpha value is -1.65. The van der Waals surface area contributed by atoms with Crippen LogP contribution in [0.5, 0.6) is 0 Å². The maximum absolute atomic E-state index is 11.9. The van der Waals surface area contributed by atoms with E-state index in [-0.39, 0.29) is 5.91 Å². The van der Waals surface area contributed by atoms with E-state index in [4.69, 9.17) is 0 Å². The molecule has 0 aliphatic rings. The molecule has 0 aromatic carbocycles. The van der Waals surface area contributed by atoms with Crippen molar-refractivity contribution in [1.82, 2.24) is 15.3 Å². The molecule has 1 unspecified atom stereocenters. The van der Waals surface area contributed by atoms with Crippen molar-refractivity contribution >= 4 is 11.9 Å². The molecule has 5 heteroatoms. The van der Waals surface area contributed by atoms with Crippen LogP contribution in [0.3, 0.4) is 0 Å². The van der Waals surface area contributed by atoms with Crippen LogP contribution >= 0.6 is 0 Å². The zero-order valence-electron chi connectivity index (χ0n) is 12.2. The summed E-state index contributed by atoms with van der Waals surface area (Å²) in [6, 6.07) is 1.92. The van der Waals surface area contributed by atoms with Crippen molar-refractivity contribution in [2.24, 2.45) is 5.92 Å². The second-order valence-corrected chi connectivity index (χ2v) is 5.16. The van der Waals surface area contributed by atoms with Crippen molar-refractivity contribution < 1.29 is 4.79 Å². The van der Waals surface area contributed by atoms with E-state index < -0.39 is 0 Å². The van der Waals surface area contributed by atoms with Gasteiger partial charge in [-0.2, -0.15) is 0 Å². The highest BCUT2D eigenvalue weighted by Crippen LogP contribution is 2.04. The van der Waals surface area contributed by atoms with Gasteiger partial charge in [-0.05, 0) is 31.7 Å². The quantitative estimate of drug-likeness (QED) is 0.794. The molecular formula is C14H24N4O. The standard InChI is InChI=1S/C14H24N4O/c1-5-11(4)17-14-16-9-7-12(18-14)13(19)15-8-6-10(2)3/h7,9-11H,5-6,8H2,1-4H3,(H,15,19)(H,16,17,18). The lowest BCUT2D eigenvalue weighted by atomic mass is 10.1. The molecule has 1 aromatic heterocycles. The third kappa shape index (κ3) is 5.68. The molecule has 2 N–H and O–H groups in total. The summed E-state index contributed by atoms with van der Waals surface area (Å²) in [5, 5.41) is 6.03. The fourth-order valence-corrected chi connectivity index (χ4v) is 1.44. The molecule has 5 nitrogen and oxygen atoms in total. The van der Waals surface area contributed by atoms with Crippen LogP contribution in [0, 0.1) is 5.92 Å². The molecule has 0 aliphatic heterocycles. The zero-order chi connectivity index (χ0) is 14.3. The first kappa shape index (κ1) is 15.4. The van der Waals surface area contributed by atoms with E-state index in [1.165, 1.54) is 0 Å². The van der Waals surface area contributed by atoms with Crippen LogP contribution in [-0.2, 0) is 0 Å². The highest BCUT2D eigenvalue weighted by Gasteiger charge is 2.09. The minimum Gasteiger partial charge on any atom is -0.352 e. The van der Waals surface area contributed by atoms with Crippen LogP contribution in [0.25, 0.3) is 0 Å². The lowest BCUT2D eigenvalue weighted by molar-refractivity contribution is 0.0947. The molecule has 0 spiro atoms. The van der Waals surface area contributed by atoms with E-state index >= 15 is 0 Å². The Morgan fingerprint density at radius 2 is 2.11 bits per heavy atom. The molecule has 0 aliphatic carbocycles. The maximum atomic E-state index is 11.9. The van der Waals surface area contributed by atoms with Gasteiger partial charge in [-0.25, -0.2) is 9.97 Å². The van der Waals surface area contributed by atoms with E-state index in [2.05, 4.69) is 48.3 Å². The van der Waals surface area contributed by atoms with Crippen molar-refractivity contribution in [1.29, 1.82) is 0 Å². The lowest BCUT2D eigenvalue weighted by Crippen LogP contribution is -2.27. The van der Waals surface area contributed by atoms with E-state index in [1.54, 1.807) is 12.3 Å². The van der Waals surface area contributed by atoms with Gasteiger partial charge in [0, 0.05) is 18.8 Å². The van der Waals surface area contributed by atoms with E-state index in [0.717, 1.165) is 12.8 Å². The zero-order valence-corrected chi connectivity index (χ0v) is 12.2. The van der Waals surface area contributed by atoms with Gasteiger partial charge in [-0.3, -0.25) is 4.79 Å². The second-order valence-electron chi connectivity index (χ2n) is 5.16. The molecule has 1 rings (SSSR count). The Labute approximate surface area is 115 Å². The summed E-state index contributed by atoms with van der Waals surface area (Å²) in [5.74, 6) is 0.939. The van der Waals surface area contributed by atoms with Gasteiger partial charge in [0.25, 0.3) is 5.91 Å². The normalized spacial score (nSPS) is 12.3. The van der Waals surface area contributed by atoms with E-state index in [0.29, 0.717) is 30.1 Å². The fraction of sp³-hybridized carbons (Fsp3) is 0.643. The molecule has 1 aromatic rings. The first-order chi connectivity index (χ1) is 9.02. The van der Waals surface area contributed by atoms with Gasteiger partial charge >= 0.3 is 0 Å². The number of amides is 1. The van der Waals surface area contributed by atoms with Crippen LogP contribution < -0.4 is 10.6 Å². The van der Waals surface area contributed by atoms with Crippen LogP contribution in [0.15, 0.2) is 12.3 Å². The van der Waals surface area contributed by atoms with Gasteiger partial charge in [-0.15, -0.1) is 0 Å². The van der Waals surface area contributed by atoms with Crippen molar-refractivity contribution in [3.8, 4) is 0 Å². The number of hydrogen-bond acceptors (Lipinski definition) is 4. The molecule has 0 fully saturated rings. The summed E-state index contributed by atoms with van der Waals surface area (Å²) in [5.41, 5.74) is 0.407. The molecule has 1 heterocycles. The van der Waals surface area contributed by atoms with Gasteiger partial charge in [0.1, 0.15) is 5.69 Å².